The molecule has 0 amide bonds. The summed E-state index contributed by atoms with van der Waals surface area (Å²) in [6.07, 6.45) is 2.65. The quantitative estimate of drug-likeness (QED) is 0.878. The second-order valence-electron chi connectivity index (χ2n) is 4.95. The fourth-order valence-corrected chi connectivity index (χ4v) is 2.06. The van der Waals surface area contributed by atoms with Crippen LogP contribution in [0.5, 0.6) is 0 Å². The van der Waals surface area contributed by atoms with Crippen LogP contribution in [0.3, 0.4) is 0 Å². The van der Waals surface area contributed by atoms with E-state index in [4.69, 9.17) is 11.6 Å². The number of pyridine rings is 1. The average Bonchev–Trinajstić information content (AvgIpc) is 3.10. The van der Waals surface area contributed by atoms with Gasteiger partial charge in [-0.1, -0.05) is 11.6 Å². The SMILES string of the molecule is CC(C)N(CC1CC1)c1ccc(Cl)c(CO)n1. The number of aliphatic hydroxyl groups is 1. The van der Waals surface area contributed by atoms with E-state index in [1.54, 1.807) is 0 Å². The Kier molecular flexibility index (Phi) is 3.89. The summed E-state index contributed by atoms with van der Waals surface area (Å²) in [5.41, 5.74) is 0.561. The van der Waals surface area contributed by atoms with E-state index >= 15 is 0 Å². The number of hydrogen-bond acceptors (Lipinski definition) is 3. The van der Waals surface area contributed by atoms with Gasteiger partial charge in [0.25, 0.3) is 0 Å². The molecule has 0 atom stereocenters. The largest absolute Gasteiger partial charge is 0.390 e. The second kappa shape index (κ2) is 5.23. The molecule has 1 N–H and O–H groups in total. The van der Waals surface area contributed by atoms with E-state index in [1.165, 1.54) is 12.8 Å². The summed E-state index contributed by atoms with van der Waals surface area (Å²) in [7, 11) is 0. The van der Waals surface area contributed by atoms with Crippen molar-refractivity contribution in [2.75, 3.05) is 11.4 Å². The lowest BCUT2D eigenvalue weighted by atomic mass is 10.2. The molecule has 0 spiro atoms. The smallest absolute Gasteiger partial charge is 0.129 e. The standard InChI is InChI=1S/C13H19ClN2O/c1-9(2)16(7-10-3-4-10)13-6-5-11(14)12(8-17)15-13/h5-6,9-10,17H,3-4,7-8H2,1-2H3. The lowest BCUT2D eigenvalue weighted by molar-refractivity contribution is 0.277. The molecule has 1 aliphatic rings. The highest BCUT2D eigenvalue weighted by Gasteiger charge is 2.26. The molecule has 94 valence electrons. The monoisotopic (exact) mass is 254 g/mol. The Balaban J connectivity index is 2.21. The van der Waals surface area contributed by atoms with Crippen LogP contribution in [0.1, 0.15) is 32.4 Å². The molecule has 17 heavy (non-hydrogen) atoms. The third-order valence-electron chi connectivity index (χ3n) is 3.12. The Hall–Kier alpha value is -0.800. The minimum atomic E-state index is -0.109. The highest BCUT2D eigenvalue weighted by molar-refractivity contribution is 6.31. The van der Waals surface area contributed by atoms with Crippen LogP contribution in [0.4, 0.5) is 5.82 Å². The van der Waals surface area contributed by atoms with Gasteiger partial charge in [-0.05, 0) is 44.7 Å². The van der Waals surface area contributed by atoms with E-state index in [0.29, 0.717) is 16.8 Å². The van der Waals surface area contributed by atoms with Gasteiger partial charge in [0.15, 0.2) is 0 Å². The zero-order valence-electron chi connectivity index (χ0n) is 10.4. The maximum Gasteiger partial charge on any atom is 0.129 e. The molecular weight excluding hydrogens is 236 g/mol. The Morgan fingerprint density at radius 1 is 1.47 bits per heavy atom. The van der Waals surface area contributed by atoms with Gasteiger partial charge in [0.05, 0.1) is 17.3 Å². The number of rotatable bonds is 5. The van der Waals surface area contributed by atoms with Crippen LogP contribution in [0.25, 0.3) is 0 Å². The van der Waals surface area contributed by atoms with E-state index in [-0.39, 0.29) is 6.61 Å². The number of aromatic nitrogens is 1. The van der Waals surface area contributed by atoms with Gasteiger partial charge in [-0.25, -0.2) is 4.98 Å². The van der Waals surface area contributed by atoms with Gasteiger partial charge in [-0.15, -0.1) is 0 Å². The Morgan fingerprint density at radius 3 is 2.71 bits per heavy atom. The van der Waals surface area contributed by atoms with Crippen LogP contribution in [0, 0.1) is 5.92 Å². The molecule has 4 heteroatoms. The number of halogens is 1. The van der Waals surface area contributed by atoms with E-state index in [1.807, 2.05) is 12.1 Å². The Labute approximate surface area is 107 Å². The molecule has 0 aromatic carbocycles. The van der Waals surface area contributed by atoms with Gasteiger partial charge in [0, 0.05) is 12.6 Å². The van der Waals surface area contributed by atoms with Gasteiger partial charge in [-0.2, -0.15) is 0 Å². The highest BCUT2D eigenvalue weighted by Crippen LogP contribution is 2.32. The molecule has 1 saturated carbocycles. The summed E-state index contributed by atoms with van der Waals surface area (Å²) in [6.45, 7) is 5.27. The molecule has 1 aromatic rings. The first-order valence-electron chi connectivity index (χ1n) is 6.14. The van der Waals surface area contributed by atoms with E-state index in [0.717, 1.165) is 18.3 Å². The van der Waals surface area contributed by atoms with Crippen molar-refractivity contribution in [3.63, 3.8) is 0 Å². The fourth-order valence-electron chi connectivity index (χ4n) is 1.89. The average molecular weight is 255 g/mol. The summed E-state index contributed by atoms with van der Waals surface area (Å²) in [5, 5.41) is 9.73. The summed E-state index contributed by atoms with van der Waals surface area (Å²) in [4.78, 5) is 6.72. The van der Waals surface area contributed by atoms with Crippen molar-refractivity contribution in [3.8, 4) is 0 Å². The summed E-state index contributed by atoms with van der Waals surface area (Å²) in [5.74, 6) is 1.73. The van der Waals surface area contributed by atoms with Crippen molar-refractivity contribution in [2.45, 2.75) is 39.3 Å². The van der Waals surface area contributed by atoms with Gasteiger partial charge >= 0.3 is 0 Å². The molecule has 0 aliphatic heterocycles. The lowest BCUT2D eigenvalue weighted by Gasteiger charge is -2.28. The summed E-state index contributed by atoms with van der Waals surface area (Å²) >= 11 is 5.96. The Morgan fingerprint density at radius 2 is 2.18 bits per heavy atom. The summed E-state index contributed by atoms with van der Waals surface area (Å²) < 4.78 is 0. The molecule has 0 unspecified atom stereocenters. The van der Waals surface area contributed by atoms with Crippen molar-refractivity contribution in [3.05, 3.63) is 22.8 Å². The zero-order chi connectivity index (χ0) is 12.4. The number of nitrogens with zero attached hydrogens (tertiary/aromatic N) is 2. The second-order valence-corrected chi connectivity index (χ2v) is 5.35. The van der Waals surface area contributed by atoms with Crippen LogP contribution in [-0.2, 0) is 6.61 Å². The van der Waals surface area contributed by atoms with Crippen LogP contribution < -0.4 is 4.90 Å². The molecular formula is C13H19ClN2O. The van der Waals surface area contributed by atoms with Gasteiger partial charge in [0.2, 0.25) is 0 Å². The van der Waals surface area contributed by atoms with Crippen LogP contribution in [0.15, 0.2) is 12.1 Å². The van der Waals surface area contributed by atoms with Crippen molar-refractivity contribution < 1.29 is 5.11 Å². The first-order chi connectivity index (χ1) is 8.11. The minimum Gasteiger partial charge on any atom is -0.390 e. The highest BCUT2D eigenvalue weighted by atomic mass is 35.5. The normalized spacial score (nSPS) is 15.4. The lowest BCUT2D eigenvalue weighted by Crippen LogP contribution is -2.33. The molecule has 3 nitrogen and oxygen atoms in total. The fraction of sp³-hybridized carbons (Fsp3) is 0.615. The van der Waals surface area contributed by atoms with Crippen LogP contribution in [0.2, 0.25) is 5.02 Å². The molecule has 0 saturated heterocycles. The third kappa shape index (κ3) is 3.11. The van der Waals surface area contributed by atoms with Crippen molar-refractivity contribution in [1.82, 2.24) is 4.98 Å². The van der Waals surface area contributed by atoms with Crippen molar-refractivity contribution in [2.24, 2.45) is 5.92 Å². The topological polar surface area (TPSA) is 36.4 Å². The zero-order valence-corrected chi connectivity index (χ0v) is 11.1. The maximum absolute atomic E-state index is 9.19. The maximum atomic E-state index is 9.19. The van der Waals surface area contributed by atoms with Crippen LogP contribution in [-0.4, -0.2) is 22.7 Å². The molecule has 0 radical (unpaired) electrons. The molecule has 1 aromatic heterocycles. The minimum absolute atomic E-state index is 0.109. The molecule has 0 bridgehead atoms. The molecule has 1 fully saturated rings. The Bertz CT molecular complexity index is 391. The van der Waals surface area contributed by atoms with Crippen LogP contribution >= 0.6 is 11.6 Å². The van der Waals surface area contributed by atoms with Gasteiger partial charge in [0.1, 0.15) is 5.82 Å². The van der Waals surface area contributed by atoms with E-state index in [2.05, 4.69) is 23.7 Å². The predicted molar refractivity (Wildman–Crippen MR) is 70.4 cm³/mol. The van der Waals surface area contributed by atoms with Gasteiger partial charge in [-0.3, -0.25) is 0 Å². The van der Waals surface area contributed by atoms with Gasteiger partial charge < -0.3 is 10.0 Å². The first kappa shape index (κ1) is 12.7. The molecule has 1 heterocycles. The van der Waals surface area contributed by atoms with E-state index < -0.39 is 0 Å². The van der Waals surface area contributed by atoms with E-state index in [9.17, 15) is 5.11 Å². The predicted octanol–water partition coefficient (Wildman–Crippen LogP) is 2.85. The number of anilines is 1. The molecule has 2 rings (SSSR count). The molecule has 1 aliphatic carbocycles. The summed E-state index contributed by atoms with van der Waals surface area (Å²) in [6, 6.07) is 4.16. The number of hydrogen-bond donors (Lipinski definition) is 1. The third-order valence-corrected chi connectivity index (χ3v) is 3.47. The van der Waals surface area contributed by atoms with Crippen molar-refractivity contribution in [1.29, 1.82) is 0 Å². The number of aliphatic hydroxyl groups excluding tert-OH is 1. The van der Waals surface area contributed by atoms with Crippen molar-refractivity contribution >= 4 is 17.4 Å². The first-order valence-corrected chi connectivity index (χ1v) is 6.52.